The SMILES string of the molecule is COc1ccc(Cc2noc([C@@H]3CCO[C@@H]3C(C)C)n2)cc1OC. The van der Waals surface area contributed by atoms with Gasteiger partial charge in [-0.1, -0.05) is 25.1 Å². The van der Waals surface area contributed by atoms with Crippen molar-refractivity contribution >= 4 is 0 Å². The van der Waals surface area contributed by atoms with Crippen molar-refractivity contribution in [1.29, 1.82) is 0 Å². The average molecular weight is 332 g/mol. The Morgan fingerprint density at radius 3 is 2.71 bits per heavy atom. The van der Waals surface area contributed by atoms with E-state index in [2.05, 4.69) is 24.0 Å². The molecular formula is C18H24N2O4. The molecule has 0 bridgehead atoms. The molecule has 1 aliphatic heterocycles. The maximum Gasteiger partial charge on any atom is 0.232 e. The molecule has 1 fully saturated rings. The molecule has 6 heteroatoms. The van der Waals surface area contributed by atoms with Crippen LogP contribution in [0.4, 0.5) is 0 Å². The first-order valence-corrected chi connectivity index (χ1v) is 8.27. The van der Waals surface area contributed by atoms with Gasteiger partial charge in [-0.2, -0.15) is 4.98 Å². The van der Waals surface area contributed by atoms with Gasteiger partial charge in [0.25, 0.3) is 0 Å². The standard InChI is InChI=1S/C18H24N2O4/c1-11(2)17-13(7-8-23-17)18-19-16(20-24-18)10-12-5-6-14(21-3)15(9-12)22-4/h5-6,9,11,13,17H,7-8,10H2,1-4H3/t13-,17-/m1/s1. The number of ether oxygens (including phenoxy) is 3. The smallest absolute Gasteiger partial charge is 0.232 e. The van der Waals surface area contributed by atoms with E-state index in [0.29, 0.717) is 35.6 Å². The third-order valence-electron chi connectivity index (χ3n) is 4.40. The lowest BCUT2D eigenvalue weighted by atomic mass is 9.93. The van der Waals surface area contributed by atoms with Gasteiger partial charge >= 0.3 is 0 Å². The highest BCUT2D eigenvalue weighted by molar-refractivity contribution is 5.43. The predicted molar refractivity (Wildman–Crippen MR) is 88.6 cm³/mol. The number of aromatic nitrogens is 2. The molecule has 2 atom stereocenters. The molecule has 1 saturated heterocycles. The molecule has 0 N–H and O–H groups in total. The molecule has 0 unspecified atom stereocenters. The highest BCUT2D eigenvalue weighted by Crippen LogP contribution is 2.34. The fourth-order valence-corrected chi connectivity index (χ4v) is 3.20. The lowest BCUT2D eigenvalue weighted by Crippen LogP contribution is -2.21. The van der Waals surface area contributed by atoms with E-state index in [4.69, 9.17) is 18.7 Å². The van der Waals surface area contributed by atoms with Gasteiger partial charge in [0.1, 0.15) is 0 Å². The zero-order valence-corrected chi connectivity index (χ0v) is 14.6. The summed E-state index contributed by atoms with van der Waals surface area (Å²) in [6.45, 7) is 5.06. The number of rotatable bonds is 6. The average Bonchev–Trinajstić information content (AvgIpc) is 3.23. The van der Waals surface area contributed by atoms with Crippen LogP contribution >= 0.6 is 0 Å². The zero-order chi connectivity index (χ0) is 17.1. The van der Waals surface area contributed by atoms with Crippen LogP contribution in [0, 0.1) is 5.92 Å². The van der Waals surface area contributed by atoms with Gasteiger partial charge in [0.15, 0.2) is 17.3 Å². The molecule has 2 heterocycles. The maximum atomic E-state index is 5.81. The van der Waals surface area contributed by atoms with Crippen LogP contribution in [0.1, 0.15) is 43.5 Å². The summed E-state index contributed by atoms with van der Waals surface area (Å²) < 4.78 is 21.9. The van der Waals surface area contributed by atoms with Crippen molar-refractivity contribution in [2.45, 2.75) is 38.7 Å². The van der Waals surface area contributed by atoms with E-state index in [0.717, 1.165) is 18.6 Å². The van der Waals surface area contributed by atoms with Crippen LogP contribution in [0.25, 0.3) is 0 Å². The predicted octanol–water partition coefficient (Wildman–Crippen LogP) is 3.21. The second-order valence-electron chi connectivity index (χ2n) is 6.39. The summed E-state index contributed by atoms with van der Waals surface area (Å²) >= 11 is 0. The molecule has 1 aromatic heterocycles. The minimum atomic E-state index is 0.152. The molecule has 130 valence electrons. The normalized spacial score (nSPS) is 20.5. The van der Waals surface area contributed by atoms with Gasteiger partial charge in [-0.25, -0.2) is 0 Å². The second kappa shape index (κ2) is 7.21. The maximum absolute atomic E-state index is 5.81. The summed E-state index contributed by atoms with van der Waals surface area (Å²) in [5.41, 5.74) is 1.04. The van der Waals surface area contributed by atoms with E-state index in [1.165, 1.54) is 0 Å². The topological polar surface area (TPSA) is 66.6 Å². The lowest BCUT2D eigenvalue weighted by Gasteiger charge is -2.18. The molecule has 6 nitrogen and oxygen atoms in total. The molecule has 24 heavy (non-hydrogen) atoms. The van der Waals surface area contributed by atoms with Crippen molar-refractivity contribution in [3.05, 3.63) is 35.5 Å². The summed E-state index contributed by atoms with van der Waals surface area (Å²) in [7, 11) is 3.25. The first-order valence-electron chi connectivity index (χ1n) is 8.27. The largest absolute Gasteiger partial charge is 0.493 e. The third kappa shape index (κ3) is 3.38. The molecule has 2 aromatic rings. The minimum Gasteiger partial charge on any atom is -0.493 e. The van der Waals surface area contributed by atoms with Crippen LogP contribution < -0.4 is 9.47 Å². The van der Waals surface area contributed by atoms with Gasteiger partial charge in [0.05, 0.1) is 26.2 Å². The van der Waals surface area contributed by atoms with E-state index in [-0.39, 0.29) is 12.0 Å². The van der Waals surface area contributed by atoms with Crippen molar-refractivity contribution in [3.63, 3.8) is 0 Å². The van der Waals surface area contributed by atoms with E-state index in [1.54, 1.807) is 14.2 Å². The number of hydrogen-bond acceptors (Lipinski definition) is 6. The van der Waals surface area contributed by atoms with Crippen molar-refractivity contribution in [2.75, 3.05) is 20.8 Å². The Hall–Kier alpha value is -2.08. The molecule has 0 saturated carbocycles. The molecule has 0 spiro atoms. The fraction of sp³-hybridized carbons (Fsp3) is 0.556. The first-order chi connectivity index (χ1) is 11.6. The summed E-state index contributed by atoms with van der Waals surface area (Å²) in [5, 5.41) is 4.13. The molecule has 1 aromatic carbocycles. The highest BCUT2D eigenvalue weighted by atomic mass is 16.5. The van der Waals surface area contributed by atoms with Crippen LogP contribution in [0.15, 0.2) is 22.7 Å². The quantitative estimate of drug-likeness (QED) is 0.809. The van der Waals surface area contributed by atoms with Crippen LogP contribution in [-0.4, -0.2) is 37.1 Å². The summed E-state index contributed by atoms with van der Waals surface area (Å²) in [6.07, 6.45) is 1.67. The Kier molecular flexibility index (Phi) is 5.04. The van der Waals surface area contributed by atoms with E-state index >= 15 is 0 Å². The van der Waals surface area contributed by atoms with Crippen molar-refractivity contribution < 1.29 is 18.7 Å². The molecule has 3 rings (SSSR count). The fourth-order valence-electron chi connectivity index (χ4n) is 3.20. The van der Waals surface area contributed by atoms with Gasteiger partial charge in [0, 0.05) is 13.0 Å². The van der Waals surface area contributed by atoms with Gasteiger partial charge in [-0.3, -0.25) is 0 Å². The Labute approximate surface area is 142 Å². The second-order valence-corrected chi connectivity index (χ2v) is 6.39. The number of nitrogens with zero attached hydrogens (tertiary/aromatic N) is 2. The van der Waals surface area contributed by atoms with Crippen molar-refractivity contribution in [2.24, 2.45) is 5.92 Å². The number of hydrogen-bond donors (Lipinski definition) is 0. The van der Waals surface area contributed by atoms with E-state index in [1.807, 2.05) is 18.2 Å². The van der Waals surface area contributed by atoms with Gasteiger partial charge in [0.2, 0.25) is 5.89 Å². The number of methoxy groups -OCH3 is 2. The molecular weight excluding hydrogens is 308 g/mol. The van der Waals surface area contributed by atoms with Gasteiger partial charge < -0.3 is 18.7 Å². The van der Waals surface area contributed by atoms with E-state index < -0.39 is 0 Å². The monoisotopic (exact) mass is 332 g/mol. The molecule has 1 aliphatic rings. The minimum absolute atomic E-state index is 0.152. The Morgan fingerprint density at radius 1 is 1.21 bits per heavy atom. The Balaban J connectivity index is 1.74. The lowest BCUT2D eigenvalue weighted by molar-refractivity contribution is 0.0627. The Morgan fingerprint density at radius 2 is 2.00 bits per heavy atom. The summed E-state index contributed by atoms with van der Waals surface area (Å²) in [4.78, 5) is 4.59. The van der Waals surface area contributed by atoms with Gasteiger partial charge in [-0.15, -0.1) is 0 Å². The zero-order valence-electron chi connectivity index (χ0n) is 14.6. The highest BCUT2D eigenvalue weighted by Gasteiger charge is 2.35. The molecule has 0 aliphatic carbocycles. The summed E-state index contributed by atoms with van der Waals surface area (Å²) in [5.74, 6) is 3.38. The van der Waals surface area contributed by atoms with Crippen LogP contribution in [0.3, 0.4) is 0 Å². The first kappa shape index (κ1) is 16.8. The summed E-state index contributed by atoms with van der Waals surface area (Å²) in [6, 6.07) is 5.80. The van der Waals surface area contributed by atoms with Crippen molar-refractivity contribution in [1.82, 2.24) is 10.1 Å². The molecule has 0 radical (unpaired) electrons. The van der Waals surface area contributed by atoms with E-state index in [9.17, 15) is 0 Å². The molecule has 0 amide bonds. The Bertz CT molecular complexity index is 683. The number of benzene rings is 1. The van der Waals surface area contributed by atoms with Crippen LogP contribution in [-0.2, 0) is 11.2 Å². The van der Waals surface area contributed by atoms with Gasteiger partial charge in [-0.05, 0) is 30.0 Å². The van der Waals surface area contributed by atoms with Crippen molar-refractivity contribution in [3.8, 4) is 11.5 Å². The van der Waals surface area contributed by atoms with Crippen LogP contribution in [0.5, 0.6) is 11.5 Å². The third-order valence-corrected chi connectivity index (χ3v) is 4.40. The van der Waals surface area contributed by atoms with Crippen LogP contribution in [0.2, 0.25) is 0 Å².